The van der Waals surface area contributed by atoms with Crippen molar-refractivity contribution in [2.75, 3.05) is 5.75 Å². The predicted octanol–water partition coefficient (Wildman–Crippen LogP) is 5.61. The van der Waals surface area contributed by atoms with Gasteiger partial charge in [-0.05, 0) is 42.2 Å². The molecular formula is C24H28N2O2S. The van der Waals surface area contributed by atoms with Crippen LogP contribution < -0.4 is 5.56 Å². The summed E-state index contributed by atoms with van der Waals surface area (Å²) in [6.07, 6.45) is 1.06. The van der Waals surface area contributed by atoms with E-state index in [1.165, 1.54) is 17.3 Å². The van der Waals surface area contributed by atoms with Crippen molar-refractivity contribution >= 4 is 28.4 Å². The van der Waals surface area contributed by atoms with Gasteiger partial charge in [0.15, 0.2) is 5.16 Å². The van der Waals surface area contributed by atoms with Crippen LogP contribution in [0.3, 0.4) is 0 Å². The highest BCUT2D eigenvalue weighted by atomic mass is 32.2. The van der Waals surface area contributed by atoms with Gasteiger partial charge < -0.3 is 0 Å². The normalized spacial score (nSPS) is 12.9. The van der Waals surface area contributed by atoms with Crippen molar-refractivity contribution in [1.82, 2.24) is 9.55 Å². The SMILES string of the molecule is CCC(C)c1ccc(-n2c(SCC(=O)C(C)(C)C)nc3ccccc3c2=O)cc1. The molecule has 0 spiro atoms. The average molecular weight is 409 g/mol. The summed E-state index contributed by atoms with van der Waals surface area (Å²) < 4.78 is 1.63. The number of thioether (sulfide) groups is 1. The Morgan fingerprint density at radius 3 is 2.38 bits per heavy atom. The fourth-order valence-corrected chi connectivity index (χ4v) is 4.14. The molecule has 1 unspecified atom stereocenters. The number of hydrogen-bond acceptors (Lipinski definition) is 4. The van der Waals surface area contributed by atoms with Crippen molar-refractivity contribution in [1.29, 1.82) is 0 Å². The predicted molar refractivity (Wildman–Crippen MR) is 121 cm³/mol. The Hall–Kier alpha value is -2.40. The van der Waals surface area contributed by atoms with Gasteiger partial charge in [0.25, 0.3) is 5.56 Å². The van der Waals surface area contributed by atoms with Crippen molar-refractivity contribution < 1.29 is 4.79 Å². The highest BCUT2D eigenvalue weighted by molar-refractivity contribution is 7.99. The highest BCUT2D eigenvalue weighted by Gasteiger charge is 2.22. The van der Waals surface area contributed by atoms with Gasteiger partial charge >= 0.3 is 0 Å². The number of benzene rings is 2. The maximum absolute atomic E-state index is 13.3. The molecule has 29 heavy (non-hydrogen) atoms. The van der Waals surface area contributed by atoms with Crippen LogP contribution in [0.15, 0.2) is 58.5 Å². The third-order valence-corrected chi connectivity index (χ3v) is 6.19. The topological polar surface area (TPSA) is 52.0 Å². The first-order valence-corrected chi connectivity index (χ1v) is 11.0. The lowest BCUT2D eigenvalue weighted by molar-refractivity contribution is -0.123. The molecule has 4 nitrogen and oxygen atoms in total. The summed E-state index contributed by atoms with van der Waals surface area (Å²) in [4.78, 5) is 30.5. The van der Waals surface area contributed by atoms with Gasteiger partial charge in [0.2, 0.25) is 0 Å². The molecule has 2 aromatic carbocycles. The average Bonchev–Trinajstić information content (AvgIpc) is 2.71. The molecule has 0 N–H and O–H groups in total. The monoisotopic (exact) mass is 408 g/mol. The van der Waals surface area contributed by atoms with E-state index in [0.29, 0.717) is 22.0 Å². The van der Waals surface area contributed by atoms with Gasteiger partial charge in [0.05, 0.1) is 22.3 Å². The van der Waals surface area contributed by atoms with Crippen LogP contribution >= 0.6 is 11.8 Å². The van der Waals surface area contributed by atoms with E-state index < -0.39 is 5.41 Å². The van der Waals surface area contributed by atoms with E-state index in [9.17, 15) is 9.59 Å². The maximum atomic E-state index is 13.3. The van der Waals surface area contributed by atoms with Gasteiger partial charge in [-0.15, -0.1) is 0 Å². The molecule has 1 atom stereocenters. The Labute approximate surface area is 176 Å². The highest BCUT2D eigenvalue weighted by Crippen LogP contribution is 2.26. The third kappa shape index (κ3) is 4.61. The van der Waals surface area contributed by atoms with Crippen LogP contribution in [0.5, 0.6) is 0 Å². The van der Waals surface area contributed by atoms with Gasteiger partial charge in [0.1, 0.15) is 5.78 Å². The molecule has 0 fully saturated rings. The van der Waals surface area contributed by atoms with E-state index in [2.05, 4.69) is 26.0 Å². The van der Waals surface area contributed by atoms with E-state index in [-0.39, 0.29) is 17.1 Å². The zero-order chi connectivity index (χ0) is 21.2. The Balaban J connectivity index is 2.09. The van der Waals surface area contributed by atoms with Crippen molar-refractivity contribution in [3.05, 3.63) is 64.4 Å². The Bertz CT molecular complexity index is 1080. The lowest BCUT2D eigenvalue weighted by atomic mass is 9.92. The van der Waals surface area contributed by atoms with Gasteiger partial charge in [-0.1, -0.05) is 70.6 Å². The third-order valence-electron chi connectivity index (χ3n) is 5.25. The Morgan fingerprint density at radius 2 is 1.76 bits per heavy atom. The molecule has 0 bridgehead atoms. The van der Waals surface area contributed by atoms with Crippen LogP contribution in [-0.2, 0) is 4.79 Å². The maximum Gasteiger partial charge on any atom is 0.266 e. The summed E-state index contributed by atoms with van der Waals surface area (Å²) in [5, 5.41) is 1.12. The minimum Gasteiger partial charge on any atom is -0.298 e. The molecule has 3 rings (SSSR count). The first kappa shape index (κ1) is 21.3. The number of rotatable bonds is 6. The standard InChI is InChI=1S/C24H28N2O2S/c1-6-16(2)17-11-13-18(14-12-17)26-22(28)19-9-7-8-10-20(19)25-23(26)29-15-21(27)24(3,4)5/h7-14,16H,6,15H2,1-5H3. The number of Topliss-reactive ketones (excluding diaryl/α,β-unsaturated/α-hetero) is 1. The molecule has 0 aliphatic rings. The van der Waals surface area contributed by atoms with E-state index in [4.69, 9.17) is 4.98 Å². The number of aromatic nitrogens is 2. The number of carbonyl (C=O) groups excluding carboxylic acids is 1. The van der Waals surface area contributed by atoms with Crippen LogP contribution in [0, 0.1) is 5.41 Å². The first-order valence-electron chi connectivity index (χ1n) is 10.0. The molecule has 1 aromatic heterocycles. The molecule has 5 heteroatoms. The van der Waals surface area contributed by atoms with Gasteiger partial charge in [-0.2, -0.15) is 0 Å². The minimum atomic E-state index is -0.424. The van der Waals surface area contributed by atoms with Gasteiger partial charge in [-0.3, -0.25) is 14.2 Å². The smallest absolute Gasteiger partial charge is 0.266 e. The Morgan fingerprint density at radius 1 is 1.10 bits per heavy atom. The van der Waals surface area contributed by atoms with E-state index in [0.717, 1.165) is 12.1 Å². The second-order valence-electron chi connectivity index (χ2n) is 8.41. The lowest BCUT2D eigenvalue weighted by Gasteiger charge is -2.18. The van der Waals surface area contributed by atoms with Crippen molar-refractivity contribution in [3.8, 4) is 5.69 Å². The summed E-state index contributed by atoms with van der Waals surface area (Å²) >= 11 is 1.32. The zero-order valence-corrected chi connectivity index (χ0v) is 18.5. The summed E-state index contributed by atoms with van der Waals surface area (Å²) in [5.41, 5.74) is 2.13. The molecule has 0 aliphatic carbocycles. The van der Waals surface area contributed by atoms with E-state index in [1.807, 2.05) is 51.1 Å². The van der Waals surface area contributed by atoms with Crippen LogP contribution in [-0.4, -0.2) is 21.1 Å². The molecule has 0 radical (unpaired) electrons. The summed E-state index contributed by atoms with van der Waals surface area (Å²) in [7, 11) is 0. The van der Waals surface area contributed by atoms with Gasteiger partial charge in [-0.25, -0.2) is 4.98 Å². The largest absolute Gasteiger partial charge is 0.298 e. The zero-order valence-electron chi connectivity index (χ0n) is 17.7. The second kappa shape index (κ2) is 8.54. The van der Waals surface area contributed by atoms with Crippen LogP contribution in [0.25, 0.3) is 16.6 Å². The summed E-state index contributed by atoms with van der Waals surface area (Å²) in [5.74, 6) is 0.872. The summed E-state index contributed by atoms with van der Waals surface area (Å²) in [6.45, 7) is 10.1. The molecule has 0 saturated heterocycles. The van der Waals surface area contributed by atoms with Crippen LogP contribution in [0.4, 0.5) is 0 Å². The fourth-order valence-electron chi connectivity index (χ4n) is 2.97. The number of para-hydroxylation sites is 1. The fraction of sp³-hybridized carbons (Fsp3) is 0.375. The minimum absolute atomic E-state index is 0.113. The Kier molecular flexibility index (Phi) is 6.27. The molecule has 0 aliphatic heterocycles. The molecule has 3 aromatic rings. The second-order valence-corrected chi connectivity index (χ2v) is 9.36. The molecule has 0 saturated carbocycles. The van der Waals surface area contributed by atoms with Crippen LogP contribution in [0.2, 0.25) is 0 Å². The number of nitrogens with zero attached hydrogens (tertiary/aromatic N) is 2. The summed E-state index contributed by atoms with van der Waals surface area (Å²) in [6, 6.07) is 15.4. The number of fused-ring (bicyclic) bond motifs is 1. The van der Waals surface area contributed by atoms with Crippen LogP contribution in [0.1, 0.15) is 52.5 Å². The quantitative estimate of drug-likeness (QED) is 0.393. The van der Waals surface area contributed by atoms with E-state index in [1.54, 1.807) is 10.6 Å². The first-order chi connectivity index (χ1) is 13.7. The molecule has 1 heterocycles. The molecule has 152 valence electrons. The number of carbonyl (C=O) groups is 1. The van der Waals surface area contributed by atoms with Gasteiger partial charge in [0, 0.05) is 5.41 Å². The van der Waals surface area contributed by atoms with Crippen molar-refractivity contribution in [2.45, 2.75) is 52.1 Å². The van der Waals surface area contributed by atoms with Crippen molar-refractivity contribution in [2.24, 2.45) is 5.41 Å². The van der Waals surface area contributed by atoms with E-state index >= 15 is 0 Å². The number of hydrogen-bond donors (Lipinski definition) is 0. The molecule has 0 amide bonds. The number of ketones is 1. The lowest BCUT2D eigenvalue weighted by Crippen LogP contribution is -2.25. The molecular weight excluding hydrogens is 380 g/mol. The van der Waals surface area contributed by atoms with Crippen molar-refractivity contribution in [3.63, 3.8) is 0 Å².